The Bertz CT molecular complexity index is 1190. The van der Waals surface area contributed by atoms with Crippen LogP contribution in [0, 0.1) is 0 Å². The summed E-state index contributed by atoms with van der Waals surface area (Å²) in [6.45, 7) is 15.1. The van der Waals surface area contributed by atoms with Gasteiger partial charge in [-0.25, -0.2) is 0 Å². The fourth-order valence-electron chi connectivity index (χ4n) is 4.05. The molecule has 0 N–H and O–H groups in total. The first-order valence-electron chi connectivity index (χ1n) is 11.9. The molecule has 4 rings (SSSR count). The first kappa shape index (κ1) is 26.5. The van der Waals surface area contributed by atoms with Gasteiger partial charge in [0.15, 0.2) is 0 Å². The van der Waals surface area contributed by atoms with Crippen LogP contribution >= 0.6 is 0 Å². The molecule has 2 saturated heterocycles. The standard InChI is InChI=1S/C25H36N2O6SeSi/c1-24(2,3)35(7,8)30-15-17-20-21(33-25(4,5)32-20)22(31-17)27-19(14-18(28)26(6)23(27)29)34-16-12-10-9-11-13-16/h9-14,17,20-22H,15H2,1-8H3/t17-,20-,21-,22-/m1/s1. The van der Waals surface area contributed by atoms with Gasteiger partial charge in [-0.15, -0.1) is 0 Å². The van der Waals surface area contributed by atoms with Gasteiger partial charge in [-0.05, 0) is 0 Å². The summed E-state index contributed by atoms with van der Waals surface area (Å²) in [6.07, 6.45) is -2.02. The normalized spacial score (nSPS) is 26.2. The van der Waals surface area contributed by atoms with E-state index in [9.17, 15) is 9.59 Å². The van der Waals surface area contributed by atoms with Crippen molar-refractivity contribution in [2.45, 2.75) is 83.1 Å². The van der Waals surface area contributed by atoms with Crippen molar-refractivity contribution in [1.29, 1.82) is 0 Å². The number of ether oxygens (including phenoxy) is 3. The van der Waals surface area contributed by atoms with Crippen LogP contribution in [0.3, 0.4) is 0 Å². The molecule has 2 aromatic rings. The third kappa shape index (κ3) is 5.30. The van der Waals surface area contributed by atoms with E-state index in [1.165, 1.54) is 13.1 Å². The fraction of sp³-hybridized carbons (Fsp3) is 0.600. The summed E-state index contributed by atoms with van der Waals surface area (Å²) in [5.41, 5.74) is -0.760. The zero-order chi connectivity index (χ0) is 25.8. The van der Waals surface area contributed by atoms with Crippen LogP contribution in [0.5, 0.6) is 0 Å². The molecule has 35 heavy (non-hydrogen) atoms. The van der Waals surface area contributed by atoms with Crippen LogP contribution in [0.1, 0.15) is 40.8 Å². The summed E-state index contributed by atoms with van der Waals surface area (Å²) in [6, 6.07) is 11.4. The zero-order valence-corrected chi connectivity index (χ0v) is 24.4. The van der Waals surface area contributed by atoms with Gasteiger partial charge in [0.1, 0.15) is 0 Å². The average Bonchev–Trinajstić information content (AvgIpc) is 3.24. The molecule has 0 bridgehead atoms. The Balaban J connectivity index is 1.72. The molecule has 0 saturated carbocycles. The molecule has 1 aromatic heterocycles. The molecule has 0 aliphatic carbocycles. The van der Waals surface area contributed by atoms with Crippen molar-refractivity contribution in [1.82, 2.24) is 9.13 Å². The molecule has 0 amide bonds. The second-order valence-electron chi connectivity index (χ2n) is 11.1. The summed E-state index contributed by atoms with van der Waals surface area (Å²) in [4.78, 5) is 26.0. The minimum atomic E-state index is -2.03. The van der Waals surface area contributed by atoms with Crippen LogP contribution in [0.15, 0.2) is 46.0 Å². The van der Waals surface area contributed by atoms with Crippen molar-refractivity contribution in [3.05, 3.63) is 57.2 Å². The Morgan fingerprint density at radius 2 is 1.71 bits per heavy atom. The number of fused-ring (bicyclic) bond motifs is 1. The second-order valence-corrected chi connectivity index (χ2v) is 18.3. The van der Waals surface area contributed by atoms with Crippen molar-refractivity contribution in [3.8, 4) is 0 Å². The molecule has 4 atom stereocenters. The van der Waals surface area contributed by atoms with E-state index in [2.05, 4.69) is 33.9 Å². The summed E-state index contributed by atoms with van der Waals surface area (Å²) in [5.74, 6) is -0.818. The quantitative estimate of drug-likeness (QED) is 0.494. The van der Waals surface area contributed by atoms with Crippen LogP contribution in [0.4, 0.5) is 0 Å². The van der Waals surface area contributed by atoms with Crippen LogP contribution < -0.4 is 20.3 Å². The summed E-state index contributed by atoms with van der Waals surface area (Å²) in [7, 11) is -0.543. The molecule has 10 heteroatoms. The molecule has 1 aromatic carbocycles. The van der Waals surface area contributed by atoms with E-state index in [4.69, 9.17) is 18.6 Å². The van der Waals surface area contributed by atoms with Crippen LogP contribution in [-0.4, -0.2) is 63.1 Å². The molecular weight excluding hydrogens is 531 g/mol. The van der Waals surface area contributed by atoms with Gasteiger partial charge < -0.3 is 0 Å². The Hall–Kier alpha value is -1.52. The van der Waals surface area contributed by atoms with E-state index >= 15 is 0 Å². The molecular formula is C25H36N2O6SeSi. The van der Waals surface area contributed by atoms with E-state index in [0.29, 0.717) is 11.2 Å². The van der Waals surface area contributed by atoms with Crippen LogP contribution in [-0.2, 0) is 25.7 Å². The predicted octanol–water partition coefficient (Wildman–Crippen LogP) is 1.64. The Labute approximate surface area is 213 Å². The van der Waals surface area contributed by atoms with E-state index in [0.717, 1.165) is 9.03 Å². The summed E-state index contributed by atoms with van der Waals surface area (Å²) in [5, 5.41) is 0.0523. The van der Waals surface area contributed by atoms with Crippen molar-refractivity contribution >= 4 is 32.3 Å². The van der Waals surface area contributed by atoms with Gasteiger partial charge in [0.25, 0.3) is 0 Å². The molecule has 8 nitrogen and oxygen atoms in total. The van der Waals surface area contributed by atoms with Gasteiger partial charge in [0.05, 0.1) is 0 Å². The fourth-order valence-corrected chi connectivity index (χ4v) is 7.11. The van der Waals surface area contributed by atoms with Crippen molar-refractivity contribution in [2.24, 2.45) is 7.05 Å². The Kier molecular flexibility index (Phi) is 7.13. The average molecular weight is 568 g/mol. The van der Waals surface area contributed by atoms with Crippen molar-refractivity contribution in [3.63, 3.8) is 0 Å². The van der Waals surface area contributed by atoms with Gasteiger partial charge in [0.2, 0.25) is 0 Å². The van der Waals surface area contributed by atoms with Crippen LogP contribution in [0.2, 0.25) is 18.1 Å². The van der Waals surface area contributed by atoms with Gasteiger partial charge in [0, 0.05) is 0 Å². The third-order valence-electron chi connectivity index (χ3n) is 7.07. The van der Waals surface area contributed by atoms with Gasteiger partial charge >= 0.3 is 214 Å². The maximum absolute atomic E-state index is 13.4. The molecule has 2 aliphatic rings. The first-order valence-corrected chi connectivity index (χ1v) is 16.5. The number of nitrogens with zero attached hydrogens (tertiary/aromatic N) is 2. The minimum absolute atomic E-state index is 0.0523. The summed E-state index contributed by atoms with van der Waals surface area (Å²) < 4.78 is 29.9. The molecule has 0 unspecified atom stereocenters. The molecule has 3 heterocycles. The number of aromatic nitrogens is 2. The van der Waals surface area contributed by atoms with Crippen molar-refractivity contribution in [2.75, 3.05) is 6.61 Å². The monoisotopic (exact) mass is 568 g/mol. The van der Waals surface area contributed by atoms with E-state index in [1.807, 2.05) is 44.2 Å². The molecule has 0 radical (unpaired) electrons. The molecule has 192 valence electrons. The van der Waals surface area contributed by atoms with Gasteiger partial charge in [-0.1, -0.05) is 0 Å². The van der Waals surface area contributed by atoms with Gasteiger partial charge in [-0.3, -0.25) is 0 Å². The van der Waals surface area contributed by atoms with Crippen molar-refractivity contribution < 1.29 is 18.6 Å². The number of hydrogen-bond donors (Lipinski definition) is 0. The Morgan fingerprint density at radius 1 is 1.09 bits per heavy atom. The zero-order valence-electron chi connectivity index (χ0n) is 21.7. The topological polar surface area (TPSA) is 80.9 Å². The SMILES string of the molecule is Cn1c(=O)cc([Se]c2ccccc2)n([C@@H]2O[C@H](CO[Si](C)(C)C(C)(C)C)[C@H]3OC(C)(C)O[C@H]32)c1=O. The van der Waals surface area contributed by atoms with E-state index in [1.54, 1.807) is 4.57 Å². The third-order valence-corrected chi connectivity index (χ3v) is 13.7. The molecule has 2 fully saturated rings. The Morgan fingerprint density at radius 3 is 2.34 bits per heavy atom. The second kappa shape index (κ2) is 9.41. The summed E-state index contributed by atoms with van der Waals surface area (Å²) >= 11 is -0.280. The number of rotatable bonds is 6. The van der Waals surface area contributed by atoms with E-state index < -0.39 is 38.2 Å². The number of benzene rings is 1. The van der Waals surface area contributed by atoms with Gasteiger partial charge in [-0.2, -0.15) is 0 Å². The molecule has 2 aliphatic heterocycles. The first-order chi connectivity index (χ1) is 16.2. The van der Waals surface area contributed by atoms with E-state index in [-0.39, 0.29) is 31.7 Å². The van der Waals surface area contributed by atoms with Crippen LogP contribution in [0.25, 0.3) is 0 Å². The maximum atomic E-state index is 13.4. The predicted molar refractivity (Wildman–Crippen MR) is 138 cm³/mol. The number of hydrogen-bond acceptors (Lipinski definition) is 6. The molecule has 0 spiro atoms.